The first-order valence-electron chi connectivity index (χ1n) is 7.74. The Morgan fingerprint density at radius 1 is 0.960 bits per heavy atom. The third-order valence-corrected chi connectivity index (χ3v) is 5.46. The molecule has 0 spiro atoms. The fourth-order valence-corrected chi connectivity index (χ4v) is 3.84. The Morgan fingerprint density at radius 3 is 2.40 bits per heavy atom. The first kappa shape index (κ1) is 17.5. The van der Waals surface area contributed by atoms with E-state index in [-0.39, 0.29) is 11.7 Å². The summed E-state index contributed by atoms with van der Waals surface area (Å²) < 4.78 is 0. The highest BCUT2D eigenvalue weighted by molar-refractivity contribution is 8.02. The zero-order valence-corrected chi connectivity index (χ0v) is 15.3. The molecule has 0 atom stereocenters. The number of para-hydroxylation sites is 1. The smallest absolute Gasteiger partial charge is 0.234 e. The molecule has 3 aromatic rings. The lowest BCUT2D eigenvalue weighted by Crippen LogP contribution is -2.15. The van der Waals surface area contributed by atoms with E-state index in [1.54, 1.807) is 24.2 Å². The van der Waals surface area contributed by atoms with E-state index in [2.05, 4.69) is 15.3 Å². The molecular weight excluding hydrogens is 350 g/mol. The number of aromatic nitrogens is 2. The van der Waals surface area contributed by atoms with Crippen LogP contribution in [0.4, 0.5) is 5.69 Å². The van der Waals surface area contributed by atoms with Gasteiger partial charge < -0.3 is 5.32 Å². The first-order chi connectivity index (χ1) is 12.2. The summed E-state index contributed by atoms with van der Waals surface area (Å²) in [4.78, 5) is 22.1. The van der Waals surface area contributed by atoms with Crippen LogP contribution in [0.2, 0.25) is 0 Å². The number of carbonyl (C=O) groups is 1. The Bertz CT molecular complexity index is 856. The van der Waals surface area contributed by atoms with Crippen molar-refractivity contribution in [3.63, 3.8) is 0 Å². The summed E-state index contributed by atoms with van der Waals surface area (Å²) in [5, 5.41) is 4.50. The largest absolute Gasteiger partial charge is 0.325 e. The molecule has 1 N–H and O–H groups in total. The Labute approximate surface area is 155 Å². The summed E-state index contributed by atoms with van der Waals surface area (Å²) >= 11 is 2.94. The van der Waals surface area contributed by atoms with Gasteiger partial charge in [0, 0.05) is 23.0 Å². The van der Waals surface area contributed by atoms with Gasteiger partial charge in [0.25, 0.3) is 0 Å². The molecule has 0 bridgehead atoms. The van der Waals surface area contributed by atoms with E-state index in [4.69, 9.17) is 0 Å². The molecule has 126 valence electrons. The van der Waals surface area contributed by atoms with Crippen molar-refractivity contribution in [1.29, 1.82) is 0 Å². The lowest BCUT2D eigenvalue weighted by molar-refractivity contribution is -0.113. The van der Waals surface area contributed by atoms with Gasteiger partial charge in [-0.3, -0.25) is 4.79 Å². The number of thioether (sulfide) groups is 1. The average molecular weight is 367 g/mol. The number of nitrogens with one attached hydrogen (secondary N) is 1. The molecule has 1 aromatic heterocycles. The summed E-state index contributed by atoms with van der Waals surface area (Å²) in [6, 6.07) is 17.7. The van der Waals surface area contributed by atoms with Crippen LogP contribution in [0.3, 0.4) is 0 Å². The molecule has 0 saturated carbocycles. The number of hydrogen-bond acceptors (Lipinski definition) is 5. The van der Waals surface area contributed by atoms with Gasteiger partial charge in [0.15, 0.2) is 0 Å². The van der Waals surface area contributed by atoms with E-state index in [0.29, 0.717) is 0 Å². The third kappa shape index (κ3) is 5.08. The van der Waals surface area contributed by atoms with E-state index in [9.17, 15) is 4.79 Å². The van der Waals surface area contributed by atoms with Gasteiger partial charge in [-0.1, -0.05) is 59.9 Å². The van der Waals surface area contributed by atoms with Crippen LogP contribution in [0.15, 0.2) is 81.9 Å². The van der Waals surface area contributed by atoms with E-state index in [1.165, 1.54) is 11.8 Å². The van der Waals surface area contributed by atoms with Gasteiger partial charge >= 0.3 is 0 Å². The SMILES string of the molecule is Cc1ccccc1NC(=O)CSc1nccnc1Sc1ccccc1. The minimum Gasteiger partial charge on any atom is -0.325 e. The molecule has 0 saturated heterocycles. The molecular formula is C19H17N3OS2. The number of anilines is 1. The second-order valence-electron chi connectivity index (χ2n) is 5.23. The Balaban J connectivity index is 1.63. The highest BCUT2D eigenvalue weighted by atomic mass is 32.2. The zero-order valence-electron chi connectivity index (χ0n) is 13.7. The Morgan fingerprint density at radius 2 is 1.64 bits per heavy atom. The van der Waals surface area contributed by atoms with Crippen LogP contribution >= 0.6 is 23.5 Å². The summed E-state index contributed by atoms with van der Waals surface area (Å²) in [6.07, 6.45) is 3.32. The summed E-state index contributed by atoms with van der Waals surface area (Å²) in [5.41, 5.74) is 1.88. The molecule has 0 aliphatic heterocycles. The van der Waals surface area contributed by atoms with Crippen LogP contribution in [0, 0.1) is 6.92 Å². The molecule has 0 aliphatic rings. The summed E-state index contributed by atoms with van der Waals surface area (Å²) in [7, 11) is 0. The van der Waals surface area contributed by atoms with Crippen molar-refractivity contribution in [2.45, 2.75) is 21.9 Å². The van der Waals surface area contributed by atoms with Crippen LogP contribution in [-0.4, -0.2) is 21.6 Å². The Kier molecular flexibility index (Phi) is 6.09. The summed E-state index contributed by atoms with van der Waals surface area (Å²) in [5.74, 6) is 0.232. The van der Waals surface area contributed by atoms with Crippen LogP contribution in [-0.2, 0) is 4.79 Å². The number of rotatable bonds is 6. The van der Waals surface area contributed by atoms with Crippen molar-refractivity contribution in [3.05, 3.63) is 72.6 Å². The fourth-order valence-electron chi connectivity index (χ4n) is 2.12. The van der Waals surface area contributed by atoms with Crippen LogP contribution in [0.1, 0.15) is 5.56 Å². The van der Waals surface area contributed by atoms with Gasteiger partial charge in [0.05, 0.1) is 5.75 Å². The van der Waals surface area contributed by atoms with Gasteiger partial charge in [-0.25, -0.2) is 9.97 Å². The van der Waals surface area contributed by atoms with Crippen molar-refractivity contribution >= 4 is 35.1 Å². The number of aryl methyl sites for hydroxylation is 1. The number of amides is 1. The molecule has 2 aromatic carbocycles. The van der Waals surface area contributed by atoms with E-state index < -0.39 is 0 Å². The van der Waals surface area contributed by atoms with E-state index >= 15 is 0 Å². The molecule has 0 fully saturated rings. The standard InChI is InChI=1S/C19H17N3OS2/c1-14-7-5-6-10-16(14)22-17(23)13-24-18-19(21-12-11-20-18)25-15-8-3-2-4-9-15/h2-12H,13H2,1H3,(H,22,23). The molecule has 25 heavy (non-hydrogen) atoms. The topological polar surface area (TPSA) is 54.9 Å². The fraction of sp³-hybridized carbons (Fsp3) is 0.105. The normalized spacial score (nSPS) is 10.4. The monoisotopic (exact) mass is 367 g/mol. The van der Waals surface area contributed by atoms with E-state index in [1.807, 2.05) is 61.5 Å². The average Bonchev–Trinajstić information content (AvgIpc) is 2.64. The predicted octanol–water partition coefficient (Wildman–Crippen LogP) is 4.67. The summed E-state index contributed by atoms with van der Waals surface area (Å²) in [6.45, 7) is 1.97. The predicted molar refractivity (Wildman–Crippen MR) is 103 cm³/mol. The van der Waals surface area contributed by atoms with Crippen LogP contribution < -0.4 is 5.32 Å². The molecule has 1 heterocycles. The van der Waals surface area contributed by atoms with Gasteiger partial charge in [0.1, 0.15) is 10.1 Å². The quantitative estimate of drug-likeness (QED) is 0.642. The molecule has 0 unspecified atom stereocenters. The van der Waals surface area contributed by atoms with Gasteiger partial charge in [-0.05, 0) is 30.7 Å². The third-order valence-electron chi connectivity index (χ3n) is 3.35. The maximum absolute atomic E-state index is 12.2. The second-order valence-corrected chi connectivity index (χ2v) is 7.26. The molecule has 0 radical (unpaired) electrons. The van der Waals surface area contributed by atoms with Crippen LogP contribution in [0.25, 0.3) is 0 Å². The zero-order chi connectivity index (χ0) is 17.5. The van der Waals surface area contributed by atoms with Gasteiger partial charge in [-0.2, -0.15) is 0 Å². The van der Waals surface area contributed by atoms with Crippen molar-refractivity contribution in [1.82, 2.24) is 9.97 Å². The minimum absolute atomic E-state index is 0.0550. The van der Waals surface area contributed by atoms with Crippen LogP contribution in [0.5, 0.6) is 0 Å². The number of hydrogen-bond donors (Lipinski definition) is 1. The lowest BCUT2D eigenvalue weighted by atomic mass is 10.2. The number of carbonyl (C=O) groups excluding carboxylic acids is 1. The minimum atomic E-state index is -0.0550. The molecule has 3 rings (SSSR count). The van der Waals surface area contributed by atoms with Crippen molar-refractivity contribution in [3.8, 4) is 0 Å². The molecule has 4 nitrogen and oxygen atoms in total. The van der Waals surface area contributed by atoms with Crippen molar-refractivity contribution in [2.75, 3.05) is 11.1 Å². The van der Waals surface area contributed by atoms with Gasteiger partial charge in [0.2, 0.25) is 5.91 Å². The van der Waals surface area contributed by atoms with Gasteiger partial charge in [-0.15, -0.1) is 0 Å². The molecule has 6 heteroatoms. The van der Waals surface area contributed by atoms with E-state index in [0.717, 1.165) is 26.2 Å². The first-order valence-corrected chi connectivity index (χ1v) is 9.55. The molecule has 1 amide bonds. The maximum atomic E-state index is 12.2. The highest BCUT2D eigenvalue weighted by Crippen LogP contribution is 2.32. The lowest BCUT2D eigenvalue weighted by Gasteiger charge is -2.09. The molecule has 0 aliphatic carbocycles. The second kappa shape index (κ2) is 8.69. The van der Waals surface area contributed by atoms with Crippen molar-refractivity contribution in [2.24, 2.45) is 0 Å². The maximum Gasteiger partial charge on any atom is 0.234 e. The number of benzene rings is 2. The number of nitrogens with zero attached hydrogens (tertiary/aromatic N) is 2. The highest BCUT2D eigenvalue weighted by Gasteiger charge is 2.11. The Hall–Kier alpha value is -2.31. The van der Waals surface area contributed by atoms with Crippen molar-refractivity contribution < 1.29 is 4.79 Å².